The smallest absolute Gasteiger partial charge is 0.244 e. The Balaban J connectivity index is 2.13. The molecule has 5 N–H and O–H groups in total. The van der Waals surface area contributed by atoms with Crippen LogP contribution >= 0.6 is 0 Å². The van der Waals surface area contributed by atoms with E-state index < -0.39 is 17.6 Å². The van der Waals surface area contributed by atoms with E-state index in [1.165, 1.54) is 12.8 Å². The highest BCUT2D eigenvalue weighted by Gasteiger charge is 2.47. The third-order valence-corrected chi connectivity index (χ3v) is 7.94. The lowest BCUT2D eigenvalue weighted by molar-refractivity contribution is -0.115. The number of rotatable bonds is 10. The number of aliphatic hydroxyl groups excluding tert-OH is 2. The molecule has 1 aliphatic carbocycles. The van der Waals surface area contributed by atoms with Gasteiger partial charge in [-0.2, -0.15) is 0 Å². The Morgan fingerprint density at radius 3 is 2.62 bits per heavy atom. The minimum atomic E-state index is -0.970. The molecule has 190 valence electrons. The molecule has 1 aromatic rings. The lowest BCUT2D eigenvalue weighted by atomic mass is 9.65. The third kappa shape index (κ3) is 5.28. The average molecular weight is 474 g/mol. The number of ether oxygens (including phenoxy) is 1. The second-order valence-corrected chi connectivity index (χ2v) is 11.4. The fraction of sp³-hybridized carbons (Fsp3) is 0.679. The first kappa shape index (κ1) is 26.6. The van der Waals surface area contributed by atoms with Crippen molar-refractivity contribution in [3.05, 3.63) is 34.4 Å². The van der Waals surface area contributed by atoms with Crippen LogP contribution in [0.2, 0.25) is 0 Å². The van der Waals surface area contributed by atoms with E-state index in [1.54, 1.807) is 0 Å². The molecular weight excluding hydrogens is 430 g/mol. The van der Waals surface area contributed by atoms with E-state index in [4.69, 9.17) is 10.5 Å². The first-order chi connectivity index (χ1) is 15.9. The quantitative estimate of drug-likeness (QED) is 0.371. The zero-order valence-electron chi connectivity index (χ0n) is 21.5. The number of unbranched alkanes of at least 4 members (excludes halogenated alkanes) is 3. The third-order valence-electron chi connectivity index (χ3n) is 7.94. The van der Waals surface area contributed by atoms with Crippen molar-refractivity contribution in [2.75, 3.05) is 6.61 Å². The summed E-state index contributed by atoms with van der Waals surface area (Å²) in [4.78, 5) is 12.0. The van der Waals surface area contributed by atoms with Gasteiger partial charge in [0.05, 0.1) is 12.7 Å². The first-order valence-corrected chi connectivity index (χ1v) is 12.8. The number of fused-ring (bicyclic) bond motifs is 3. The van der Waals surface area contributed by atoms with Crippen molar-refractivity contribution >= 4 is 5.91 Å². The minimum absolute atomic E-state index is 0.0810. The highest BCUT2D eigenvalue weighted by Crippen LogP contribution is 2.56. The molecule has 0 saturated heterocycles. The number of phenols is 1. The number of aliphatic hydroxyl groups is 2. The number of carbonyl (C=O) groups excluding carboxylic acids is 1. The molecule has 3 atom stereocenters. The number of hydrogen-bond donors (Lipinski definition) is 4. The predicted octanol–water partition coefficient (Wildman–Crippen LogP) is 4.61. The van der Waals surface area contributed by atoms with Gasteiger partial charge in [-0.15, -0.1) is 0 Å². The molecule has 0 spiro atoms. The van der Waals surface area contributed by atoms with E-state index in [-0.39, 0.29) is 36.0 Å². The number of benzene rings is 1. The maximum atomic E-state index is 12.0. The molecule has 1 amide bonds. The van der Waals surface area contributed by atoms with Gasteiger partial charge in [-0.25, -0.2) is 0 Å². The predicted molar refractivity (Wildman–Crippen MR) is 134 cm³/mol. The van der Waals surface area contributed by atoms with E-state index in [0.29, 0.717) is 35.3 Å². The van der Waals surface area contributed by atoms with Crippen molar-refractivity contribution in [2.45, 2.75) is 109 Å². The van der Waals surface area contributed by atoms with Crippen LogP contribution in [0.1, 0.15) is 102 Å². The molecule has 2 unspecified atom stereocenters. The molecule has 6 nitrogen and oxygen atoms in total. The molecule has 34 heavy (non-hydrogen) atoms. The first-order valence-electron chi connectivity index (χ1n) is 12.8. The largest absolute Gasteiger partial charge is 0.507 e. The summed E-state index contributed by atoms with van der Waals surface area (Å²) in [6, 6.07) is 2.04. The zero-order chi connectivity index (χ0) is 25.3. The van der Waals surface area contributed by atoms with Gasteiger partial charge in [0, 0.05) is 35.0 Å². The van der Waals surface area contributed by atoms with Crippen LogP contribution in [0.25, 0.3) is 0 Å². The van der Waals surface area contributed by atoms with E-state index in [9.17, 15) is 20.1 Å². The second kappa shape index (κ2) is 10.3. The van der Waals surface area contributed by atoms with Crippen molar-refractivity contribution in [1.82, 2.24) is 0 Å². The normalized spacial score (nSPS) is 22.3. The van der Waals surface area contributed by atoms with E-state index in [2.05, 4.69) is 34.6 Å². The summed E-state index contributed by atoms with van der Waals surface area (Å²) < 4.78 is 6.51. The number of nitrogens with two attached hydrogens (primary N) is 1. The Bertz CT molecular complexity index is 933. The van der Waals surface area contributed by atoms with Gasteiger partial charge in [-0.05, 0) is 50.2 Å². The van der Waals surface area contributed by atoms with E-state index >= 15 is 0 Å². The number of allylic oxidation sites excluding steroid dienone is 1. The van der Waals surface area contributed by atoms with Crippen molar-refractivity contribution in [2.24, 2.45) is 11.7 Å². The molecule has 0 saturated carbocycles. The van der Waals surface area contributed by atoms with Crippen LogP contribution in [0.3, 0.4) is 0 Å². The summed E-state index contributed by atoms with van der Waals surface area (Å²) in [6.45, 7) is 10.3. The number of phenolic OH excluding ortho intramolecular Hbond substituents is 1. The number of amides is 1. The Labute approximate surface area is 204 Å². The zero-order valence-corrected chi connectivity index (χ0v) is 21.5. The van der Waals surface area contributed by atoms with Gasteiger partial charge in [-0.1, -0.05) is 52.5 Å². The lowest BCUT2D eigenvalue weighted by Crippen LogP contribution is -2.46. The summed E-state index contributed by atoms with van der Waals surface area (Å²) in [5.41, 5.74) is 7.79. The Hall–Kier alpha value is -2.05. The highest BCUT2D eigenvalue weighted by atomic mass is 16.5. The topological polar surface area (TPSA) is 113 Å². The van der Waals surface area contributed by atoms with Crippen LogP contribution in [0.4, 0.5) is 0 Å². The molecule has 2 aliphatic rings. The fourth-order valence-electron chi connectivity index (χ4n) is 5.91. The van der Waals surface area contributed by atoms with Gasteiger partial charge in [0.2, 0.25) is 5.91 Å². The molecule has 3 rings (SSSR count). The Morgan fingerprint density at radius 2 is 2.00 bits per heavy atom. The summed E-state index contributed by atoms with van der Waals surface area (Å²) in [6.07, 6.45) is 7.72. The van der Waals surface area contributed by atoms with Crippen molar-refractivity contribution < 1.29 is 24.9 Å². The van der Waals surface area contributed by atoms with Gasteiger partial charge in [-0.3, -0.25) is 4.79 Å². The summed E-state index contributed by atoms with van der Waals surface area (Å²) in [5, 5.41) is 31.6. The average Bonchev–Trinajstić information content (AvgIpc) is 2.77. The van der Waals surface area contributed by atoms with Gasteiger partial charge in [0.25, 0.3) is 0 Å². The SMILES string of the molecule is CCCCCCC(C)(C)c1cc2c(c(O)c1C[C@@H](O)CO)C1CC(C(N)=O)=CCC1C(C)(C)O2. The van der Waals surface area contributed by atoms with Crippen LogP contribution in [0, 0.1) is 5.92 Å². The minimum Gasteiger partial charge on any atom is -0.507 e. The second-order valence-electron chi connectivity index (χ2n) is 11.4. The molecule has 1 aromatic carbocycles. The van der Waals surface area contributed by atoms with Crippen molar-refractivity contribution in [1.29, 1.82) is 0 Å². The summed E-state index contributed by atoms with van der Waals surface area (Å²) >= 11 is 0. The molecule has 6 heteroatoms. The molecule has 0 aromatic heterocycles. The van der Waals surface area contributed by atoms with E-state index in [0.717, 1.165) is 24.8 Å². The van der Waals surface area contributed by atoms with Crippen LogP contribution in [-0.2, 0) is 16.6 Å². The maximum absolute atomic E-state index is 12.0. The summed E-state index contributed by atoms with van der Waals surface area (Å²) in [5.74, 6) is 0.311. The maximum Gasteiger partial charge on any atom is 0.244 e. The Kier molecular flexibility index (Phi) is 8.03. The van der Waals surface area contributed by atoms with Crippen LogP contribution < -0.4 is 10.5 Å². The Morgan fingerprint density at radius 1 is 1.29 bits per heavy atom. The number of aromatic hydroxyl groups is 1. The van der Waals surface area contributed by atoms with Crippen LogP contribution in [0.5, 0.6) is 11.5 Å². The molecule has 0 bridgehead atoms. The van der Waals surface area contributed by atoms with Gasteiger partial charge in [0.15, 0.2) is 0 Å². The molecule has 1 heterocycles. The van der Waals surface area contributed by atoms with Crippen molar-refractivity contribution in [3.8, 4) is 11.5 Å². The number of hydrogen-bond acceptors (Lipinski definition) is 5. The van der Waals surface area contributed by atoms with Crippen LogP contribution in [-0.4, -0.2) is 39.5 Å². The van der Waals surface area contributed by atoms with Gasteiger partial charge >= 0.3 is 0 Å². The van der Waals surface area contributed by atoms with Crippen LogP contribution in [0.15, 0.2) is 17.7 Å². The highest BCUT2D eigenvalue weighted by molar-refractivity contribution is 5.92. The van der Waals surface area contributed by atoms with Gasteiger partial charge < -0.3 is 25.8 Å². The number of carbonyl (C=O) groups is 1. The molecular formula is C28H43NO5. The van der Waals surface area contributed by atoms with E-state index in [1.807, 2.05) is 12.1 Å². The molecule has 0 fully saturated rings. The molecule has 0 radical (unpaired) electrons. The fourth-order valence-corrected chi connectivity index (χ4v) is 5.91. The summed E-state index contributed by atoms with van der Waals surface area (Å²) in [7, 11) is 0. The standard InChI is InChI=1S/C28H43NO5/c1-6-7-8-9-12-27(2,3)22-15-23-24(25(32)20(22)14-18(31)16-30)19-13-17(26(29)33)10-11-21(19)28(4,5)34-23/h10,15,18-19,21,30-32H,6-9,11-14,16H2,1-5H3,(H2,29,33)/t18-,19?,21?/m1/s1. The van der Waals surface area contributed by atoms with Crippen molar-refractivity contribution in [3.63, 3.8) is 0 Å². The monoisotopic (exact) mass is 473 g/mol. The number of primary amides is 1. The van der Waals surface area contributed by atoms with Gasteiger partial charge in [0.1, 0.15) is 17.1 Å². The molecule has 1 aliphatic heterocycles. The lowest BCUT2D eigenvalue weighted by Gasteiger charge is -2.47.